The molecule has 0 unspecified atom stereocenters. The van der Waals surface area contributed by atoms with Crippen LogP contribution in [0.1, 0.15) is 47.2 Å². The summed E-state index contributed by atoms with van der Waals surface area (Å²) >= 11 is 0. The van der Waals surface area contributed by atoms with Crippen molar-refractivity contribution in [3.05, 3.63) is 59.2 Å². The second kappa shape index (κ2) is 8.94. The minimum absolute atomic E-state index is 0.178. The molecule has 0 aromatic heterocycles. The summed E-state index contributed by atoms with van der Waals surface area (Å²) in [6, 6.07) is 11.9. The lowest BCUT2D eigenvalue weighted by atomic mass is 9.81. The highest BCUT2D eigenvalue weighted by Crippen LogP contribution is 2.40. The van der Waals surface area contributed by atoms with Crippen molar-refractivity contribution in [1.29, 1.82) is 0 Å². The maximum atomic E-state index is 12.8. The molecule has 0 bridgehead atoms. The van der Waals surface area contributed by atoms with Gasteiger partial charge in [-0.15, -0.1) is 0 Å². The maximum absolute atomic E-state index is 12.8. The van der Waals surface area contributed by atoms with Crippen molar-refractivity contribution in [2.24, 2.45) is 11.8 Å². The normalized spacial score (nSPS) is 20.1. The van der Waals surface area contributed by atoms with Crippen LogP contribution in [0.5, 0.6) is 0 Å². The number of imide groups is 1. The summed E-state index contributed by atoms with van der Waals surface area (Å²) in [6.45, 7) is 3.42. The summed E-state index contributed by atoms with van der Waals surface area (Å²) in [7, 11) is 0. The van der Waals surface area contributed by atoms with E-state index in [2.05, 4.69) is 5.32 Å². The van der Waals surface area contributed by atoms with Gasteiger partial charge < -0.3 is 10.1 Å². The number of hydrogen-bond acceptors (Lipinski definition) is 5. The van der Waals surface area contributed by atoms with Gasteiger partial charge in [-0.2, -0.15) is 0 Å². The molecule has 1 N–H and O–H groups in total. The van der Waals surface area contributed by atoms with Gasteiger partial charge in [0.25, 0.3) is 5.91 Å². The van der Waals surface area contributed by atoms with Crippen molar-refractivity contribution in [3.63, 3.8) is 0 Å². The van der Waals surface area contributed by atoms with Crippen LogP contribution in [0.4, 0.5) is 11.4 Å². The summed E-state index contributed by atoms with van der Waals surface area (Å²) in [6.07, 6.45) is 3.35. The Hall–Kier alpha value is -3.48. The lowest BCUT2D eigenvalue weighted by molar-refractivity contribution is -0.122. The first kappa shape index (κ1) is 21.7. The van der Waals surface area contributed by atoms with Crippen LogP contribution < -0.4 is 10.2 Å². The lowest BCUT2D eigenvalue weighted by Crippen LogP contribution is -2.31. The van der Waals surface area contributed by atoms with Crippen LogP contribution in [0.25, 0.3) is 0 Å². The van der Waals surface area contributed by atoms with Crippen LogP contribution in [0.2, 0.25) is 0 Å². The minimum Gasteiger partial charge on any atom is -0.452 e. The Morgan fingerprint density at radius 1 is 0.969 bits per heavy atom. The first-order valence-corrected chi connectivity index (χ1v) is 10.9. The van der Waals surface area contributed by atoms with Crippen molar-refractivity contribution in [2.45, 2.75) is 39.5 Å². The molecule has 4 rings (SSSR count). The van der Waals surface area contributed by atoms with Gasteiger partial charge in [-0.25, -0.2) is 4.79 Å². The topological polar surface area (TPSA) is 92.8 Å². The molecule has 2 aromatic carbocycles. The summed E-state index contributed by atoms with van der Waals surface area (Å²) in [5.74, 6) is -2.06. The van der Waals surface area contributed by atoms with E-state index in [-0.39, 0.29) is 29.2 Å². The average Bonchev–Trinajstić information content (AvgIpc) is 3.02. The maximum Gasteiger partial charge on any atom is 0.338 e. The molecule has 7 nitrogen and oxygen atoms in total. The third-order valence-corrected chi connectivity index (χ3v) is 6.02. The Morgan fingerprint density at radius 3 is 2.22 bits per heavy atom. The van der Waals surface area contributed by atoms with Gasteiger partial charge in [0, 0.05) is 5.69 Å². The van der Waals surface area contributed by atoms with Crippen LogP contribution in [0, 0.1) is 25.7 Å². The highest BCUT2D eigenvalue weighted by molar-refractivity contribution is 6.22. The number of rotatable bonds is 5. The van der Waals surface area contributed by atoms with E-state index in [1.807, 2.05) is 32.0 Å². The number of hydrogen-bond donors (Lipinski definition) is 1. The number of carbonyl (C=O) groups excluding carboxylic acids is 4. The fourth-order valence-electron chi connectivity index (χ4n) is 4.65. The first-order chi connectivity index (χ1) is 15.3. The van der Waals surface area contributed by atoms with E-state index in [9.17, 15) is 19.2 Å². The van der Waals surface area contributed by atoms with Crippen molar-refractivity contribution >= 4 is 35.1 Å². The minimum atomic E-state index is -0.695. The van der Waals surface area contributed by atoms with Crippen molar-refractivity contribution in [3.8, 4) is 0 Å². The van der Waals surface area contributed by atoms with Gasteiger partial charge >= 0.3 is 5.97 Å². The molecule has 0 spiro atoms. The Morgan fingerprint density at radius 2 is 1.59 bits per heavy atom. The quantitative estimate of drug-likeness (QED) is 0.571. The van der Waals surface area contributed by atoms with E-state index in [0.29, 0.717) is 11.4 Å². The number of nitrogens with one attached hydrogen (secondary N) is 1. The van der Waals surface area contributed by atoms with Gasteiger partial charge in [0.1, 0.15) is 0 Å². The van der Waals surface area contributed by atoms with Gasteiger partial charge in [0.05, 0.1) is 23.1 Å². The third kappa shape index (κ3) is 4.42. The second-order valence-electron chi connectivity index (χ2n) is 8.56. The third-order valence-electron chi connectivity index (χ3n) is 6.02. The number of amides is 3. The van der Waals surface area contributed by atoms with Crippen LogP contribution in [0.15, 0.2) is 42.5 Å². The standard InChI is InChI=1S/C25H26N2O5/c1-15-10-16(2)12-18(11-15)26-22(28)14-32-25(31)17-6-5-7-19(13-17)27-23(29)20-8-3-4-9-21(20)24(27)30/h5-7,10-13,20-21H,3-4,8-9,14H2,1-2H3,(H,26,28)/t20-,21-/m0/s1. The molecule has 1 aliphatic heterocycles. The Kier molecular flexibility index (Phi) is 6.08. The molecule has 2 fully saturated rings. The molecule has 1 saturated heterocycles. The van der Waals surface area contributed by atoms with E-state index in [1.165, 1.54) is 17.0 Å². The van der Waals surface area contributed by atoms with Gasteiger partial charge in [-0.05, 0) is 68.1 Å². The van der Waals surface area contributed by atoms with E-state index in [4.69, 9.17) is 4.74 Å². The Labute approximate surface area is 186 Å². The molecule has 0 radical (unpaired) electrons. The number of benzene rings is 2. The summed E-state index contributed by atoms with van der Waals surface area (Å²) in [4.78, 5) is 51.5. The zero-order valence-corrected chi connectivity index (χ0v) is 18.2. The number of esters is 1. The monoisotopic (exact) mass is 434 g/mol. The van der Waals surface area contributed by atoms with E-state index in [1.54, 1.807) is 12.1 Å². The molecule has 2 atom stereocenters. The zero-order chi connectivity index (χ0) is 22.8. The average molecular weight is 434 g/mol. The Balaban J connectivity index is 1.41. The van der Waals surface area contributed by atoms with E-state index < -0.39 is 18.5 Å². The first-order valence-electron chi connectivity index (χ1n) is 10.9. The van der Waals surface area contributed by atoms with Crippen LogP contribution in [-0.2, 0) is 19.1 Å². The molecule has 2 aromatic rings. The van der Waals surface area contributed by atoms with Crippen LogP contribution in [0.3, 0.4) is 0 Å². The lowest BCUT2D eigenvalue weighted by Gasteiger charge is -2.19. The summed E-state index contributed by atoms with van der Waals surface area (Å²) in [5, 5.41) is 2.71. The molecular formula is C25H26N2O5. The molecule has 7 heteroatoms. The second-order valence-corrected chi connectivity index (χ2v) is 8.56. The number of fused-ring (bicyclic) bond motifs is 1. The Bertz CT molecular complexity index is 1050. The summed E-state index contributed by atoms with van der Waals surface area (Å²) in [5.41, 5.74) is 3.21. The van der Waals surface area contributed by atoms with E-state index >= 15 is 0 Å². The van der Waals surface area contributed by atoms with Crippen molar-refractivity contribution in [2.75, 3.05) is 16.8 Å². The molecule has 166 valence electrons. The predicted octanol–water partition coefficient (Wildman–Crippen LogP) is 3.78. The molecule has 3 amide bonds. The molecule has 1 aliphatic carbocycles. The number of aryl methyl sites for hydroxylation is 2. The highest BCUT2D eigenvalue weighted by Gasteiger charge is 2.48. The van der Waals surface area contributed by atoms with Gasteiger partial charge in [0.2, 0.25) is 11.8 Å². The van der Waals surface area contributed by atoms with Gasteiger partial charge in [-0.3, -0.25) is 19.3 Å². The molecular weight excluding hydrogens is 408 g/mol. The van der Waals surface area contributed by atoms with Gasteiger partial charge in [0.15, 0.2) is 6.61 Å². The fourth-order valence-corrected chi connectivity index (χ4v) is 4.65. The molecule has 32 heavy (non-hydrogen) atoms. The fraction of sp³-hybridized carbons (Fsp3) is 0.360. The number of nitrogens with zero attached hydrogens (tertiary/aromatic N) is 1. The van der Waals surface area contributed by atoms with Crippen molar-refractivity contribution in [1.82, 2.24) is 0 Å². The smallest absolute Gasteiger partial charge is 0.338 e. The van der Waals surface area contributed by atoms with Crippen LogP contribution in [-0.4, -0.2) is 30.3 Å². The van der Waals surface area contributed by atoms with Crippen LogP contribution >= 0.6 is 0 Å². The molecule has 1 heterocycles. The van der Waals surface area contributed by atoms with Crippen molar-refractivity contribution < 1.29 is 23.9 Å². The van der Waals surface area contributed by atoms with E-state index in [0.717, 1.165) is 36.8 Å². The molecule has 1 saturated carbocycles. The number of ether oxygens (including phenoxy) is 1. The number of anilines is 2. The largest absolute Gasteiger partial charge is 0.452 e. The number of carbonyl (C=O) groups is 4. The predicted molar refractivity (Wildman–Crippen MR) is 119 cm³/mol. The highest BCUT2D eigenvalue weighted by atomic mass is 16.5. The SMILES string of the molecule is Cc1cc(C)cc(NC(=O)COC(=O)c2cccc(N3C(=O)[C@H]4CCCC[C@@H]4C3=O)c2)c1. The molecule has 2 aliphatic rings. The zero-order valence-electron chi connectivity index (χ0n) is 18.2. The summed E-state index contributed by atoms with van der Waals surface area (Å²) < 4.78 is 5.15. The van der Waals surface area contributed by atoms with Gasteiger partial charge in [-0.1, -0.05) is 25.0 Å².